The van der Waals surface area contributed by atoms with Crippen LogP contribution in [0.5, 0.6) is 11.5 Å². The fraction of sp³-hybridized carbons (Fsp3) is 0.533. The average Bonchev–Trinajstić information content (AvgIpc) is 2.76. The quantitative estimate of drug-likeness (QED) is 0.861. The number of rotatable bonds is 5. The van der Waals surface area contributed by atoms with Crippen LogP contribution in [0.4, 0.5) is 0 Å². The molecule has 6 heteroatoms. The van der Waals surface area contributed by atoms with Gasteiger partial charge in [0.15, 0.2) is 16.3 Å². The molecule has 0 radical (unpaired) electrons. The minimum absolute atomic E-state index is 0.0828. The Balaban J connectivity index is 2.10. The first-order valence-electron chi connectivity index (χ1n) is 7.02. The lowest BCUT2D eigenvalue weighted by atomic mass is 9.80. The summed E-state index contributed by atoms with van der Waals surface area (Å²) in [4.78, 5) is 3.23. The minimum atomic E-state index is -0.0828. The van der Waals surface area contributed by atoms with Crippen molar-refractivity contribution >= 4 is 23.3 Å². The van der Waals surface area contributed by atoms with E-state index < -0.39 is 0 Å². The Hall–Kier alpha value is -1.53. The second-order valence-electron chi connectivity index (χ2n) is 5.48. The Morgan fingerprint density at radius 1 is 1.19 bits per heavy atom. The highest BCUT2D eigenvalue weighted by molar-refractivity contribution is 7.71. The number of nitrogens with one attached hydrogen (secondary N) is 1. The van der Waals surface area contributed by atoms with Gasteiger partial charge in [0.25, 0.3) is 0 Å². The SMILES string of the molecule is COc1cc2[nH]c(=S)n(CC3(OC)CCC3)c2cc1OC. The summed E-state index contributed by atoms with van der Waals surface area (Å²) >= 11 is 5.47. The van der Waals surface area contributed by atoms with Crippen molar-refractivity contribution in [1.82, 2.24) is 9.55 Å². The van der Waals surface area contributed by atoms with Crippen LogP contribution in [0.1, 0.15) is 19.3 Å². The fourth-order valence-electron chi connectivity index (χ4n) is 2.93. The zero-order valence-electron chi connectivity index (χ0n) is 12.6. The molecule has 3 rings (SSSR count). The molecule has 21 heavy (non-hydrogen) atoms. The molecule has 0 saturated heterocycles. The number of H-pyrrole nitrogens is 1. The molecule has 1 aliphatic rings. The number of methoxy groups -OCH3 is 3. The maximum atomic E-state index is 5.72. The van der Waals surface area contributed by atoms with Crippen LogP contribution < -0.4 is 9.47 Å². The van der Waals surface area contributed by atoms with Gasteiger partial charge in [0, 0.05) is 19.2 Å². The summed E-state index contributed by atoms with van der Waals surface area (Å²) in [5, 5.41) is 0. The van der Waals surface area contributed by atoms with Crippen molar-refractivity contribution in [3.05, 3.63) is 16.9 Å². The Labute approximate surface area is 128 Å². The van der Waals surface area contributed by atoms with Gasteiger partial charge in [0.1, 0.15) is 0 Å². The average molecular weight is 308 g/mol. The van der Waals surface area contributed by atoms with Gasteiger partial charge >= 0.3 is 0 Å². The van der Waals surface area contributed by atoms with E-state index in [1.807, 2.05) is 12.1 Å². The van der Waals surface area contributed by atoms with Crippen molar-refractivity contribution in [2.45, 2.75) is 31.4 Å². The highest BCUT2D eigenvalue weighted by Crippen LogP contribution is 2.38. The normalized spacial score (nSPS) is 16.7. The lowest BCUT2D eigenvalue weighted by Crippen LogP contribution is -2.43. The number of ether oxygens (including phenoxy) is 3. The molecule has 0 amide bonds. The molecule has 1 heterocycles. The van der Waals surface area contributed by atoms with E-state index in [1.54, 1.807) is 21.3 Å². The molecule has 1 aromatic heterocycles. The molecular weight excluding hydrogens is 288 g/mol. The van der Waals surface area contributed by atoms with E-state index in [0.717, 1.165) is 30.4 Å². The van der Waals surface area contributed by atoms with Crippen LogP contribution in [0.3, 0.4) is 0 Å². The molecule has 0 spiro atoms. The topological polar surface area (TPSA) is 48.4 Å². The summed E-state index contributed by atoms with van der Waals surface area (Å²) in [6.45, 7) is 0.762. The molecule has 1 saturated carbocycles. The fourth-order valence-corrected chi connectivity index (χ4v) is 3.20. The number of fused-ring (bicyclic) bond motifs is 1. The third-order valence-corrected chi connectivity index (χ3v) is 4.75. The van der Waals surface area contributed by atoms with Crippen molar-refractivity contribution in [2.24, 2.45) is 0 Å². The Morgan fingerprint density at radius 2 is 1.86 bits per heavy atom. The molecule has 2 aromatic rings. The van der Waals surface area contributed by atoms with Gasteiger partial charge in [-0.3, -0.25) is 0 Å². The van der Waals surface area contributed by atoms with Crippen molar-refractivity contribution < 1.29 is 14.2 Å². The van der Waals surface area contributed by atoms with E-state index in [4.69, 9.17) is 26.4 Å². The first-order valence-corrected chi connectivity index (χ1v) is 7.43. The summed E-state index contributed by atoms with van der Waals surface area (Å²) < 4.78 is 19.2. The number of hydrogen-bond acceptors (Lipinski definition) is 4. The number of nitrogens with zero attached hydrogens (tertiary/aromatic N) is 1. The van der Waals surface area contributed by atoms with Gasteiger partial charge in [0.05, 0.1) is 37.4 Å². The molecule has 1 fully saturated rings. The van der Waals surface area contributed by atoms with Gasteiger partial charge in [0.2, 0.25) is 0 Å². The first kappa shape index (κ1) is 14.4. The molecule has 1 aliphatic carbocycles. The van der Waals surface area contributed by atoms with E-state index in [0.29, 0.717) is 16.3 Å². The Bertz CT molecular complexity index is 710. The van der Waals surface area contributed by atoms with Crippen LogP contribution in [-0.2, 0) is 11.3 Å². The van der Waals surface area contributed by atoms with Crippen LogP contribution in [0.15, 0.2) is 12.1 Å². The molecule has 0 bridgehead atoms. The van der Waals surface area contributed by atoms with E-state index in [2.05, 4.69) is 9.55 Å². The maximum Gasteiger partial charge on any atom is 0.178 e. The molecule has 114 valence electrons. The number of benzene rings is 1. The van der Waals surface area contributed by atoms with Crippen molar-refractivity contribution in [3.63, 3.8) is 0 Å². The lowest BCUT2D eigenvalue weighted by molar-refractivity contribution is -0.0830. The predicted molar refractivity (Wildman–Crippen MR) is 83.8 cm³/mol. The third kappa shape index (κ3) is 2.32. The standard InChI is InChI=1S/C15H20N2O3S/c1-18-12-7-10-11(8-13(12)19-2)17(14(21)16-10)9-15(20-3)5-4-6-15/h7-8H,4-6,9H2,1-3H3,(H,16,21). The van der Waals surface area contributed by atoms with Crippen LogP contribution in [0.2, 0.25) is 0 Å². The maximum absolute atomic E-state index is 5.72. The zero-order chi connectivity index (χ0) is 15.0. The molecule has 0 aliphatic heterocycles. The first-order chi connectivity index (χ1) is 10.1. The van der Waals surface area contributed by atoms with Crippen molar-refractivity contribution in [2.75, 3.05) is 21.3 Å². The highest BCUT2D eigenvalue weighted by Gasteiger charge is 2.38. The summed E-state index contributed by atoms with van der Waals surface area (Å²) in [5.41, 5.74) is 1.88. The monoisotopic (exact) mass is 308 g/mol. The van der Waals surface area contributed by atoms with Crippen LogP contribution in [0.25, 0.3) is 11.0 Å². The van der Waals surface area contributed by atoms with Crippen LogP contribution >= 0.6 is 12.2 Å². The number of aromatic nitrogens is 2. The van der Waals surface area contributed by atoms with E-state index in [1.165, 1.54) is 6.42 Å². The summed E-state index contributed by atoms with van der Waals surface area (Å²) in [6, 6.07) is 3.88. The van der Waals surface area contributed by atoms with Crippen LogP contribution in [-0.4, -0.2) is 36.5 Å². The second kappa shape index (κ2) is 5.35. The molecule has 1 N–H and O–H groups in total. The number of hydrogen-bond donors (Lipinski definition) is 1. The smallest absolute Gasteiger partial charge is 0.178 e. The van der Waals surface area contributed by atoms with E-state index in [-0.39, 0.29) is 5.60 Å². The van der Waals surface area contributed by atoms with Gasteiger partial charge in [-0.05, 0) is 31.5 Å². The summed E-state index contributed by atoms with van der Waals surface area (Å²) in [6.07, 6.45) is 3.36. The molecule has 1 aromatic carbocycles. The lowest BCUT2D eigenvalue weighted by Gasteiger charge is -2.40. The highest BCUT2D eigenvalue weighted by atomic mass is 32.1. The zero-order valence-corrected chi connectivity index (χ0v) is 13.4. The summed E-state index contributed by atoms with van der Waals surface area (Å²) in [5.74, 6) is 1.39. The van der Waals surface area contributed by atoms with Crippen molar-refractivity contribution in [1.29, 1.82) is 0 Å². The second-order valence-corrected chi connectivity index (χ2v) is 5.87. The summed E-state index contributed by atoms with van der Waals surface area (Å²) in [7, 11) is 5.04. The van der Waals surface area contributed by atoms with Crippen molar-refractivity contribution in [3.8, 4) is 11.5 Å². The van der Waals surface area contributed by atoms with Gasteiger partial charge in [-0.15, -0.1) is 0 Å². The Morgan fingerprint density at radius 3 is 2.38 bits per heavy atom. The minimum Gasteiger partial charge on any atom is -0.493 e. The van der Waals surface area contributed by atoms with E-state index in [9.17, 15) is 0 Å². The molecular formula is C15H20N2O3S. The largest absolute Gasteiger partial charge is 0.493 e. The molecule has 0 unspecified atom stereocenters. The van der Waals surface area contributed by atoms with E-state index >= 15 is 0 Å². The number of imidazole rings is 1. The van der Waals surface area contributed by atoms with Gasteiger partial charge in [-0.2, -0.15) is 0 Å². The van der Waals surface area contributed by atoms with Gasteiger partial charge in [-0.1, -0.05) is 0 Å². The molecule has 5 nitrogen and oxygen atoms in total. The number of aromatic amines is 1. The van der Waals surface area contributed by atoms with Gasteiger partial charge < -0.3 is 23.8 Å². The third-order valence-electron chi connectivity index (χ3n) is 4.42. The van der Waals surface area contributed by atoms with Crippen LogP contribution in [0, 0.1) is 4.77 Å². The molecule has 0 atom stereocenters. The Kier molecular flexibility index (Phi) is 3.67. The van der Waals surface area contributed by atoms with Gasteiger partial charge in [-0.25, -0.2) is 0 Å². The predicted octanol–water partition coefficient (Wildman–Crippen LogP) is 3.29.